The van der Waals surface area contributed by atoms with Crippen molar-refractivity contribution in [3.63, 3.8) is 0 Å². The first-order chi connectivity index (χ1) is 5.79. The van der Waals surface area contributed by atoms with Crippen LogP contribution in [0.3, 0.4) is 0 Å². The Hall–Kier alpha value is -0.760. The lowest BCUT2D eigenvalue weighted by Crippen LogP contribution is -1.97. The number of para-hydroxylation sites is 1. The van der Waals surface area contributed by atoms with Crippen LogP contribution >= 0.6 is 11.6 Å². The van der Waals surface area contributed by atoms with Crippen LogP contribution in [0.25, 0.3) is 0 Å². The van der Waals surface area contributed by atoms with Crippen LogP contribution in [0.5, 0.6) is 5.75 Å². The summed E-state index contributed by atoms with van der Waals surface area (Å²) in [5, 5.41) is 0. The third-order valence-corrected chi connectivity index (χ3v) is 1.77. The van der Waals surface area contributed by atoms with Gasteiger partial charge in [-0.2, -0.15) is 0 Å². The Morgan fingerprint density at radius 3 is 2.83 bits per heavy atom. The number of hydrogen-bond acceptors (Lipinski definition) is 1. The van der Waals surface area contributed by atoms with E-state index in [1.807, 2.05) is 6.92 Å². The fraction of sp³-hybridized carbons (Fsp3) is 0.333. The fourth-order valence-electron chi connectivity index (χ4n) is 0.965. The fourth-order valence-corrected chi connectivity index (χ4v) is 1.18. The molecule has 0 radical (unpaired) electrons. The second-order valence-corrected chi connectivity index (χ2v) is 2.56. The molecule has 1 aromatic rings. The van der Waals surface area contributed by atoms with E-state index in [-0.39, 0.29) is 17.4 Å². The summed E-state index contributed by atoms with van der Waals surface area (Å²) in [6.45, 7) is 2.26. The number of halogens is 2. The summed E-state index contributed by atoms with van der Waals surface area (Å²) in [7, 11) is 0. The van der Waals surface area contributed by atoms with Crippen LogP contribution in [0.4, 0.5) is 4.39 Å². The lowest BCUT2D eigenvalue weighted by molar-refractivity contribution is 0.319. The maximum absolute atomic E-state index is 13.0. The van der Waals surface area contributed by atoms with Gasteiger partial charge in [-0.3, -0.25) is 0 Å². The third-order valence-electron chi connectivity index (χ3n) is 1.48. The highest BCUT2D eigenvalue weighted by Gasteiger charge is 2.07. The molecule has 0 aromatic heterocycles. The van der Waals surface area contributed by atoms with Gasteiger partial charge in [0.25, 0.3) is 0 Å². The van der Waals surface area contributed by atoms with E-state index in [2.05, 4.69) is 0 Å². The van der Waals surface area contributed by atoms with Crippen LogP contribution < -0.4 is 4.74 Å². The van der Waals surface area contributed by atoms with Crippen LogP contribution in [0.15, 0.2) is 18.2 Å². The smallest absolute Gasteiger partial charge is 0.165 e. The van der Waals surface area contributed by atoms with E-state index in [0.29, 0.717) is 12.2 Å². The highest BCUT2D eigenvalue weighted by molar-refractivity contribution is 6.17. The maximum atomic E-state index is 13.0. The van der Waals surface area contributed by atoms with Crippen molar-refractivity contribution in [1.29, 1.82) is 0 Å². The second-order valence-electron chi connectivity index (χ2n) is 2.29. The zero-order valence-electron chi connectivity index (χ0n) is 6.81. The molecule has 0 spiro atoms. The van der Waals surface area contributed by atoms with Gasteiger partial charge in [0.15, 0.2) is 11.6 Å². The number of rotatable bonds is 3. The van der Waals surface area contributed by atoms with E-state index >= 15 is 0 Å². The van der Waals surface area contributed by atoms with Crippen molar-refractivity contribution in [3.05, 3.63) is 29.6 Å². The Labute approximate surface area is 76.1 Å². The number of alkyl halides is 1. The Kier molecular flexibility index (Phi) is 3.35. The minimum absolute atomic E-state index is 0.271. The first-order valence-electron chi connectivity index (χ1n) is 3.75. The van der Waals surface area contributed by atoms with Gasteiger partial charge < -0.3 is 4.74 Å². The van der Waals surface area contributed by atoms with Gasteiger partial charge in [0.05, 0.1) is 12.5 Å². The molecule has 0 amide bonds. The molecule has 0 aliphatic rings. The summed E-state index contributed by atoms with van der Waals surface area (Å²) in [5.74, 6) is 0.192. The van der Waals surface area contributed by atoms with E-state index in [9.17, 15) is 4.39 Å². The number of hydrogen-bond donors (Lipinski definition) is 0. The molecule has 12 heavy (non-hydrogen) atoms. The van der Waals surface area contributed by atoms with Crippen molar-refractivity contribution in [2.75, 3.05) is 6.61 Å². The normalized spacial score (nSPS) is 9.92. The van der Waals surface area contributed by atoms with Crippen molar-refractivity contribution >= 4 is 11.6 Å². The molecule has 0 atom stereocenters. The van der Waals surface area contributed by atoms with E-state index in [0.717, 1.165) is 0 Å². The van der Waals surface area contributed by atoms with Gasteiger partial charge in [-0.05, 0) is 13.0 Å². The Balaban J connectivity index is 3.02. The van der Waals surface area contributed by atoms with E-state index < -0.39 is 0 Å². The molecule has 66 valence electrons. The minimum atomic E-state index is -0.352. The van der Waals surface area contributed by atoms with Gasteiger partial charge in [-0.25, -0.2) is 4.39 Å². The first kappa shape index (κ1) is 9.33. The zero-order valence-corrected chi connectivity index (χ0v) is 7.57. The molecule has 0 aliphatic carbocycles. The largest absolute Gasteiger partial charge is 0.490 e. The predicted molar refractivity (Wildman–Crippen MR) is 47.1 cm³/mol. The molecule has 1 aromatic carbocycles. The first-order valence-corrected chi connectivity index (χ1v) is 4.29. The lowest BCUT2D eigenvalue weighted by Gasteiger charge is -2.07. The van der Waals surface area contributed by atoms with Gasteiger partial charge in [-0.15, -0.1) is 11.6 Å². The van der Waals surface area contributed by atoms with E-state index in [4.69, 9.17) is 16.3 Å². The molecular formula is C9H10ClFO. The molecule has 0 saturated carbocycles. The van der Waals surface area contributed by atoms with E-state index in [1.54, 1.807) is 12.1 Å². The van der Waals surface area contributed by atoms with Crippen LogP contribution in [0, 0.1) is 5.82 Å². The highest BCUT2D eigenvalue weighted by Crippen LogP contribution is 2.23. The molecule has 0 aliphatic heterocycles. The van der Waals surface area contributed by atoms with Gasteiger partial charge in [0, 0.05) is 5.56 Å². The van der Waals surface area contributed by atoms with Crippen LogP contribution in [-0.4, -0.2) is 6.61 Å². The monoisotopic (exact) mass is 188 g/mol. The van der Waals surface area contributed by atoms with Gasteiger partial charge >= 0.3 is 0 Å². The van der Waals surface area contributed by atoms with Crippen LogP contribution in [0.2, 0.25) is 0 Å². The zero-order chi connectivity index (χ0) is 8.97. The molecule has 0 fully saturated rings. The van der Waals surface area contributed by atoms with Crippen LogP contribution in [0.1, 0.15) is 12.5 Å². The van der Waals surface area contributed by atoms with Crippen LogP contribution in [-0.2, 0) is 5.88 Å². The predicted octanol–water partition coefficient (Wildman–Crippen LogP) is 2.96. The Bertz CT molecular complexity index is 263. The Morgan fingerprint density at radius 1 is 1.50 bits per heavy atom. The molecular weight excluding hydrogens is 179 g/mol. The standard InChI is InChI=1S/C9H10ClFO/c1-2-12-9-7(6-10)4-3-5-8(9)11/h3-5H,2,6H2,1H3. The van der Waals surface area contributed by atoms with Gasteiger partial charge in [0.2, 0.25) is 0 Å². The Morgan fingerprint density at radius 2 is 2.25 bits per heavy atom. The van der Waals surface area contributed by atoms with Crippen molar-refractivity contribution in [2.45, 2.75) is 12.8 Å². The molecule has 1 nitrogen and oxygen atoms in total. The topological polar surface area (TPSA) is 9.23 Å². The van der Waals surface area contributed by atoms with Gasteiger partial charge in [0.1, 0.15) is 0 Å². The van der Waals surface area contributed by atoms with Crippen molar-refractivity contribution in [2.24, 2.45) is 0 Å². The second kappa shape index (κ2) is 4.31. The summed E-state index contributed by atoms with van der Waals surface area (Å²) in [5.41, 5.74) is 0.693. The number of benzene rings is 1. The average molecular weight is 189 g/mol. The SMILES string of the molecule is CCOc1c(F)cccc1CCl. The summed E-state index contributed by atoms with van der Waals surface area (Å²) in [4.78, 5) is 0. The quantitative estimate of drug-likeness (QED) is 0.663. The van der Waals surface area contributed by atoms with Crippen molar-refractivity contribution < 1.29 is 9.13 Å². The number of ether oxygens (including phenoxy) is 1. The third kappa shape index (κ3) is 1.89. The molecule has 3 heteroatoms. The lowest BCUT2D eigenvalue weighted by atomic mass is 10.2. The molecule has 0 N–H and O–H groups in total. The molecule has 0 unspecified atom stereocenters. The maximum Gasteiger partial charge on any atom is 0.165 e. The summed E-state index contributed by atoms with van der Waals surface area (Å²) >= 11 is 5.59. The average Bonchev–Trinajstić information content (AvgIpc) is 2.09. The molecule has 0 bridgehead atoms. The molecule has 0 saturated heterocycles. The highest BCUT2D eigenvalue weighted by atomic mass is 35.5. The van der Waals surface area contributed by atoms with Crippen molar-refractivity contribution in [3.8, 4) is 5.75 Å². The summed E-state index contributed by atoms with van der Waals surface area (Å²) in [6.07, 6.45) is 0. The van der Waals surface area contributed by atoms with Crippen molar-refractivity contribution in [1.82, 2.24) is 0 Å². The molecule has 0 heterocycles. The molecule has 1 rings (SSSR count). The summed E-state index contributed by atoms with van der Waals surface area (Å²) in [6, 6.07) is 4.73. The van der Waals surface area contributed by atoms with Gasteiger partial charge in [-0.1, -0.05) is 12.1 Å². The summed E-state index contributed by atoms with van der Waals surface area (Å²) < 4.78 is 18.1. The van der Waals surface area contributed by atoms with E-state index in [1.165, 1.54) is 6.07 Å². The minimum Gasteiger partial charge on any atom is -0.490 e.